The average Bonchev–Trinajstić information content (AvgIpc) is 2.68. The highest BCUT2D eigenvalue weighted by atomic mass is 79.9. The van der Waals surface area contributed by atoms with Gasteiger partial charge in [-0.25, -0.2) is 0 Å². The van der Waals surface area contributed by atoms with Gasteiger partial charge >= 0.3 is 0 Å². The van der Waals surface area contributed by atoms with Crippen molar-refractivity contribution in [2.75, 3.05) is 25.0 Å². The summed E-state index contributed by atoms with van der Waals surface area (Å²) in [5.74, 6) is 1.58. The molecule has 0 radical (unpaired) electrons. The Bertz CT molecular complexity index is 409. The molecule has 1 saturated heterocycles. The molecule has 3 heteroatoms. The molecule has 0 aliphatic carbocycles. The SMILES string of the molecule is CNC(C)c1ccc(N2CC(C)C(C)C2)cc1Br. The zero-order valence-corrected chi connectivity index (χ0v) is 13.3. The van der Waals surface area contributed by atoms with Crippen LogP contribution in [0.25, 0.3) is 0 Å². The van der Waals surface area contributed by atoms with Crippen molar-refractivity contribution in [1.29, 1.82) is 0 Å². The van der Waals surface area contributed by atoms with Gasteiger partial charge in [0.15, 0.2) is 0 Å². The van der Waals surface area contributed by atoms with E-state index in [0.717, 1.165) is 11.8 Å². The molecule has 1 aromatic carbocycles. The average molecular weight is 311 g/mol. The maximum atomic E-state index is 3.70. The van der Waals surface area contributed by atoms with Crippen LogP contribution in [0.4, 0.5) is 5.69 Å². The van der Waals surface area contributed by atoms with E-state index in [1.165, 1.54) is 28.8 Å². The summed E-state index contributed by atoms with van der Waals surface area (Å²) in [4.78, 5) is 2.49. The first-order chi connectivity index (χ1) is 8.52. The molecule has 1 N–H and O–H groups in total. The fourth-order valence-corrected chi connectivity index (χ4v) is 3.27. The van der Waals surface area contributed by atoms with Crippen molar-refractivity contribution in [3.05, 3.63) is 28.2 Å². The standard InChI is InChI=1S/C15H23BrN2/c1-10-8-18(9-11(10)2)13-5-6-14(12(3)17-4)15(16)7-13/h5-7,10-12,17H,8-9H2,1-4H3. The summed E-state index contributed by atoms with van der Waals surface area (Å²) in [5, 5.41) is 3.28. The number of halogens is 1. The Balaban J connectivity index is 2.19. The van der Waals surface area contributed by atoms with Gasteiger partial charge in [0.1, 0.15) is 0 Å². The predicted molar refractivity (Wildman–Crippen MR) is 82.2 cm³/mol. The second-order valence-corrected chi connectivity index (χ2v) is 6.43. The van der Waals surface area contributed by atoms with E-state index >= 15 is 0 Å². The van der Waals surface area contributed by atoms with Crippen molar-refractivity contribution >= 4 is 21.6 Å². The molecule has 0 aromatic heterocycles. The Morgan fingerprint density at radius 3 is 2.39 bits per heavy atom. The quantitative estimate of drug-likeness (QED) is 0.913. The van der Waals surface area contributed by atoms with Gasteiger partial charge in [-0.3, -0.25) is 0 Å². The lowest BCUT2D eigenvalue weighted by Gasteiger charge is -2.21. The molecule has 0 bridgehead atoms. The van der Waals surface area contributed by atoms with Crippen LogP contribution in [0.5, 0.6) is 0 Å². The van der Waals surface area contributed by atoms with Gasteiger partial charge in [-0.1, -0.05) is 35.8 Å². The fourth-order valence-electron chi connectivity index (χ4n) is 2.56. The van der Waals surface area contributed by atoms with Gasteiger partial charge in [0.05, 0.1) is 0 Å². The maximum absolute atomic E-state index is 3.70. The molecule has 3 unspecified atom stereocenters. The molecule has 1 fully saturated rings. The van der Waals surface area contributed by atoms with Crippen molar-refractivity contribution in [3.63, 3.8) is 0 Å². The molecule has 2 rings (SSSR count). The van der Waals surface area contributed by atoms with Crippen molar-refractivity contribution < 1.29 is 0 Å². The van der Waals surface area contributed by atoms with Gasteiger partial charge in [-0.05, 0) is 43.5 Å². The molecule has 0 spiro atoms. The van der Waals surface area contributed by atoms with Crippen LogP contribution in [0.3, 0.4) is 0 Å². The van der Waals surface area contributed by atoms with Gasteiger partial charge < -0.3 is 10.2 Å². The Morgan fingerprint density at radius 2 is 1.89 bits per heavy atom. The van der Waals surface area contributed by atoms with Crippen molar-refractivity contribution in [2.45, 2.75) is 26.8 Å². The highest BCUT2D eigenvalue weighted by Gasteiger charge is 2.26. The molecular weight excluding hydrogens is 288 g/mol. The highest BCUT2D eigenvalue weighted by molar-refractivity contribution is 9.10. The normalized spacial score (nSPS) is 25.5. The molecule has 2 nitrogen and oxygen atoms in total. The zero-order valence-electron chi connectivity index (χ0n) is 11.7. The minimum atomic E-state index is 0.379. The smallest absolute Gasteiger partial charge is 0.0377 e. The summed E-state index contributed by atoms with van der Waals surface area (Å²) >= 11 is 3.70. The van der Waals surface area contributed by atoms with Gasteiger partial charge in [0.2, 0.25) is 0 Å². The van der Waals surface area contributed by atoms with E-state index in [1.54, 1.807) is 0 Å². The molecule has 1 aromatic rings. The summed E-state index contributed by atoms with van der Waals surface area (Å²) in [7, 11) is 1.99. The van der Waals surface area contributed by atoms with Crippen LogP contribution < -0.4 is 10.2 Å². The van der Waals surface area contributed by atoms with E-state index in [9.17, 15) is 0 Å². The van der Waals surface area contributed by atoms with Crippen LogP contribution in [0.2, 0.25) is 0 Å². The Kier molecular flexibility index (Phi) is 4.33. The number of anilines is 1. The van der Waals surface area contributed by atoms with Crippen LogP contribution >= 0.6 is 15.9 Å². The minimum Gasteiger partial charge on any atom is -0.371 e. The van der Waals surface area contributed by atoms with Crippen LogP contribution in [-0.2, 0) is 0 Å². The summed E-state index contributed by atoms with van der Waals surface area (Å²) in [6, 6.07) is 7.12. The largest absolute Gasteiger partial charge is 0.371 e. The topological polar surface area (TPSA) is 15.3 Å². The summed E-state index contributed by atoms with van der Waals surface area (Å²) in [6.07, 6.45) is 0. The minimum absolute atomic E-state index is 0.379. The number of hydrogen-bond donors (Lipinski definition) is 1. The van der Waals surface area contributed by atoms with Crippen LogP contribution in [0.1, 0.15) is 32.4 Å². The third-order valence-corrected chi connectivity index (χ3v) is 4.92. The number of benzene rings is 1. The van der Waals surface area contributed by atoms with E-state index in [1.807, 2.05) is 7.05 Å². The Morgan fingerprint density at radius 1 is 1.28 bits per heavy atom. The van der Waals surface area contributed by atoms with E-state index in [4.69, 9.17) is 0 Å². The first-order valence-corrected chi connectivity index (χ1v) is 7.54. The first kappa shape index (κ1) is 13.9. The highest BCUT2D eigenvalue weighted by Crippen LogP contribution is 2.32. The summed E-state index contributed by atoms with van der Waals surface area (Å²) in [5.41, 5.74) is 2.66. The van der Waals surface area contributed by atoms with E-state index < -0.39 is 0 Å². The second kappa shape index (κ2) is 5.62. The molecule has 1 aliphatic rings. The molecular formula is C15H23BrN2. The lowest BCUT2D eigenvalue weighted by Crippen LogP contribution is -2.20. The first-order valence-electron chi connectivity index (χ1n) is 6.74. The van der Waals surface area contributed by atoms with Crippen LogP contribution in [0, 0.1) is 11.8 Å². The monoisotopic (exact) mass is 310 g/mol. The molecule has 100 valence electrons. The molecule has 18 heavy (non-hydrogen) atoms. The van der Waals surface area contributed by atoms with E-state index in [0.29, 0.717) is 6.04 Å². The van der Waals surface area contributed by atoms with E-state index in [-0.39, 0.29) is 0 Å². The summed E-state index contributed by atoms with van der Waals surface area (Å²) in [6.45, 7) is 9.22. The molecule has 1 heterocycles. The third-order valence-electron chi connectivity index (χ3n) is 4.24. The number of rotatable bonds is 3. The van der Waals surface area contributed by atoms with Crippen molar-refractivity contribution in [3.8, 4) is 0 Å². The Hall–Kier alpha value is -0.540. The predicted octanol–water partition coefficient (Wildman–Crippen LogP) is 3.82. The van der Waals surface area contributed by atoms with Crippen LogP contribution in [-0.4, -0.2) is 20.1 Å². The third kappa shape index (κ3) is 2.72. The number of nitrogens with zero attached hydrogens (tertiary/aromatic N) is 1. The zero-order chi connectivity index (χ0) is 13.3. The second-order valence-electron chi connectivity index (χ2n) is 5.58. The number of hydrogen-bond acceptors (Lipinski definition) is 2. The number of nitrogens with one attached hydrogen (secondary N) is 1. The van der Waals surface area contributed by atoms with Crippen LogP contribution in [0.15, 0.2) is 22.7 Å². The molecule has 0 amide bonds. The lowest BCUT2D eigenvalue weighted by molar-refractivity contribution is 0.494. The molecule has 0 saturated carbocycles. The lowest BCUT2D eigenvalue weighted by atomic mass is 10.0. The molecule has 3 atom stereocenters. The fraction of sp³-hybridized carbons (Fsp3) is 0.600. The molecule has 1 aliphatic heterocycles. The van der Waals surface area contributed by atoms with Gasteiger partial charge in [0.25, 0.3) is 0 Å². The van der Waals surface area contributed by atoms with Gasteiger partial charge in [0, 0.05) is 29.3 Å². The maximum Gasteiger partial charge on any atom is 0.0377 e. The Labute approximate surface area is 119 Å². The van der Waals surface area contributed by atoms with Gasteiger partial charge in [-0.15, -0.1) is 0 Å². The van der Waals surface area contributed by atoms with Crippen molar-refractivity contribution in [1.82, 2.24) is 5.32 Å². The summed E-state index contributed by atoms with van der Waals surface area (Å²) < 4.78 is 1.20. The van der Waals surface area contributed by atoms with Crippen molar-refractivity contribution in [2.24, 2.45) is 11.8 Å². The van der Waals surface area contributed by atoms with E-state index in [2.05, 4.69) is 65.1 Å². The van der Waals surface area contributed by atoms with Gasteiger partial charge in [-0.2, -0.15) is 0 Å².